The summed E-state index contributed by atoms with van der Waals surface area (Å²) in [6, 6.07) is 8.49. The van der Waals surface area contributed by atoms with Crippen LogP contribution in [0.15, 0.2) is 53.7 Å². The van der Waals surface area contributed by atoms with Gasteiger partial charge >= 0.3 is 12.1 Å². The van der Waals surface area contributed by atoms with Crippen LogP contribution >= 0.6 is 11.6 Å². The van der Waals surface area contributed by atoms with Gasteiger partial charge in [-0.25, -0.2) is 23.4 Å². The monoisotopic (exact) mass is 602 g/mol. The Morgan fingerprint density at radius 2 is 2.00 bits per heavy atom. The Labute approximate surface area is 245 Å². The summed E-state index contributed by atoms with van der Waals surface area (Å²) >= 11 is 5.98. The van der Waals surface area contributed by atoms with Crippen molar-refractivity contribution in [1.29, 1.82) is 5.26 Å². The summed E-state index contributed by atoms with van der Waals surface area (Å²) in [6.07, 6.45) is 2.65. The average Bonchev–Trinajstić information content (AvgIpc) is 2.97. The molecule has 2 aromatic carbocycles. The molecule has 0 aliphatic rings. The van der Waals surface area contributed by atoms with E-state index in [4.69, 9.17) is 26.7 Å². The van der Waals surface area contributed by atoms with Crippen LogP contribution in [0.3, 0.4) is 0 Å². The number of hydrogen-bond donors (Lipinski definition) is 5. The number of nitriles is 1. The molecule has 3 amide bonds. The maximum atomic E-state index is 13.8. The van der Waals surface area contributed by atoms with Crippen LogP contribution in [0.5, 0.6) is 0 Å². The van der Waals surface area contributed by atoms with E-state index in [1.165, 1.54) is 48.5 Å². The summed E-state index contributed by atoms with van der Waals surface area (Å²) in [6.45, 7) is -0.141. The number of aliphatic hydroxyl groups is 1. The highest BCUT2D eigenvalue weighted by molar-refractivity contribution is 6.31. The van der Waals surface area contributed by atoms with Gasteiger partial charge in [0.1, 0.15) is 24.1 Å². The minimum atomic E-state index is -0.879. The van der Waals surface area contributed by atoms with Crippen molar-refractivity contribution >= 4 is 46.3 Å². The number of halogens is 3. The molecule has 1 aromatic heterocycles. The number of aliphatic imine (C=N–C) groups is 1. The predicted octanol–water partition coefficient (Wildman–Crippen LogP) is 3.32. The standard InChI is InChI=1S/C27H29ClF2N8O4/c1-38(26(40)35-13-18-4-2-5-22(30)24(18)28)21(14-34-25(36-16-31)32-8-3-9-39)15-42-27(41)37-23-11-19-10-20(29)7-6-17(19)12-33-23/h2,4-7,10-12,21,39H,3,8-9,13-15H2,1H3,(H,35,40)(H2,32,34,36)(H,33,37,41)/t21-/m0/s1. The highest BCUT2D eigenvalue weighted by Gasteiger charge is 2.23. The van der Waals surface area contributed by atoms with Gasteiger partial charge in [-0.15, -0.1) is 4.99 Å². The molecule has 0 saturated carbocycles. The fourth-order valence-corrected chi connectivity index (χ4v) is 3.83. The van der Waals surface area contributed by atoms with E-state index in [0.717, 1.165) is 0 Å². The lowest BCUT2D eigenvalue weighted by Crippen LogP contribution is -2.52. The molecule has 3 rings (SSSR count). The van der Waals surface area contributed by atoms with Gasteiger partial charge in [0.15, 0.2) is 0 Å². The number of carbonyl (C=O) groups is 2. The first-order chi connectivity index (χ1) is 20.2. The third-order valence-electron chi connectivity index (χ3n) is 5.94. The number of benzene rings is 2. The lowest BCUT2D eigenvalue weighted by Gasteiger charge is -2.29. The van der Waals surface area contributed by atoms with Crippen molar-refractivity contribution in [3.05, 3.63) is 70.9 Å². The molecular weight excluding hydrogens is 574 g/mol. The number of likely N-dealkylation sites (N-methyl/N-ethyl adjacent to an activating group) is 1. The number of pyridine rings is 1. The van der Waals surface area contributed by atoms with E-state index in [-0.39, 0.29) is 43.1 Å². The van der Waals surface area contributed by atoms with Crippen LogP contribution in [0.2, 0.25) is 5.02 Å². The van der Waals surface area contributed by atoms with Crippen molar-refractivity contribution in [2.24, 2.45) is 4.99 Å². The smallest absolute Gasteiger partial charge is 0.412 e. The van der Waals surface area contributed by atoms with Gasteiger partial charge in [-0.05, 0) is 47.7 Å². The van der Waals surface area contributed by atoms with E-state index < -0.39 is 29.8 Å². The van der Waals surface area contributed by atoms with Crippen LogP contribution in [0.4, 0.5) is 24.2 Å². The molecule has 0 spiro atoms. The number of amides is 3. The van der Waals surface area contributed by atoms with Crippen molar-refractivity contribution in [3.8, 4) is 6.19 Å². The maximum Gasteiger partial charge on any atom is 0.412 e. The number of anilines is 1. The number of nitrogens with zero attached hydrogens (tertiary/aromatic N) is 4. The van der Waals surface area contributed by atoms with Gasteiger partial charge in [0.2, 0.25) is 12.2 Å². The summed E-state index contributed by atoms with van der Waals surface area (Å²) in [5.41, 5.74) is 0.364. The highest BCUT2D eigenvalue weighted by atomic mass is 35.5. The molecule has 222 valence electrons. The van der Waals surface area contributed by atoms with E-state index in [0.29, 0.717) is 29.3 Å². The Balaban J connectivity index is 1.67. The molecule has 15 heteroatoms. The van der Waals surface area contributed by atoms with Gasteiger partial charge in [-0.2, -0.15) is 5.26 Å². The third kappa shape index (κ3) is 9.43. The SMILES string of the molecule is CN(C(=O)NCc1cccc(F)c1Cl)[C@@H](CN/C(=N/C#N)NCCCO)COC(=O)Nc1cc2cc(F)ccc2cn1. The summed E-state index contributed by atoms with van der Waals surface area (Å²) in [5.74, 6) is -0.846. The number of urea groups is 1. The van der Waals surface area contributed by atoms with E-state index >= 15 is 0 Å². The summed E-state index contributed by atoms with van der Waals surface area (Å²) in [7, 11) is 1.45. The Kier molecular flexibility index (Phi) is 12.0. The molecule has 5 N–H and O–H groups in total. The first-order valence-electron chi connectivity index (χ1n) is 12.7. The number of aromatic nitrogens is 1. The first-order valence-corrected chi connectivity index (χ1v) is 13.1. The molecule has 0 saturated heterocycles. The Morgan fingerprint density at radius 1 is 1.19 bits per heavy atom. The molecule has 0 aliphatic carbocycles. The van der Waals surface area contributed by atoms with Crippen molar-refractivity contribution in [3.63, 3.8) is 0 Å². The van der Waals surface area contributed by atoms with E-state index in [9.17, 15) is 18.4 Å². The van der Waals surface area contributed by atoms with Crippen molar-refractivity contribution in [1.82, 2.24) is 25.8 Å². The molecule has 0 unspecified atom stereocenters. The number of guanidine groups is 1. The van der Waals surface area contributed by atoms with Gasteiger partial charge < -0.3 is 30.7 Å². The molecule has 0 radical (unpaired) electrons. The molecule has 0 aliphatic heterocycles. The van der Waals surface area contributed by atoms with Gasteiger partial charge in [-0.1, -0.05) is 23.7 Å². The van der Waals surface area contributed by atoms with E-state index in [1.807, 2.05) is 0 Å². The minimum absolute atomic E-state index is 0.0158. The second-order valence-corrected chi connectivity index (χ2v) is 9.24. The fraction of sp³-hybridized carbons (Fsp3) is 0.296. The molecule has 3 aromatic rings. The Morgan fingerprint density at radius 3 is 2.76 bits per heavy atom. The first kappa shape index (κ1) is 31.8. The van der Waals surface area contributed by atoms with E-state index in [2.05, 4.69) is 31.2 Å². The van der Waals surface area contributed by atoms with E-state index in [1.54, 1.807) is 18.3 Å². The van der Waals surface area contributed by atoms with Crippen LogP contribution in [-0.4, -0.2) is 72.5 Å². The third-order valence-corrected chi connectivity index (χ3v) is 6.37. The van der Waals surface area contributed by atoms with Crippen LogP contribution in [0.25, 0.3) is 10.8 Å². The molecule has 0 bridgehead atoms. The zero-order valence-corrected chi connectivity index (χ0v) is 23.3. The second kappa shape index (κ2) is 15.9. The predicted molar refractivity (Wildman–Crippen MR) is 153 cm³/mol. The zero-order valence-electron chi connectivity index (χ0n) is 22.5. The molecule has 1 atom stereocenters. The number of aliphatic hydroxyl groups excluding tert-OH is 1. The number of hydrogen-bond acceptors (Lipinski definition) is 7. The minimum Gasteiger partial charge on any atom is -0.447 e. The lowest BCUT2D eigenvalue weighted by atomic mass is 10.2. The Bertz CT molecular complexity index is 1470. The van der Waals surface area contributed by atoms with Crippen LogP contribution in [0, 0.1) is 23.1 Å². The average molecular weight is 603 g/mol. The number of fused-ring (bicyclic) bond motifs is 1. The second-order valence-electron chi connectivity index (χ2n) is 8.87. The highest BCUT2D eigenvalue weighted by Crippen LogP contribution is 2.20. The van der Waals surface area contributed by atoms with Gasteiger partial charge in [0, 0.05) is 44.9 Å². The summed E-state index contributed by atoms with van der Waals surface area (Å²) in [4.78, 5) is 34.5. The van der Waals surface area contributed by atoms with Gasteiger partial charge in [0.05, 0.1) is 11.1 Å². The lowest BCUT2D eigenvalue weighted by molar-refractivity contribution is 0.118. The summed E-state index contributed by atoms with van der Waals surface area (Å²) in [5, 5.41) is 29.9. The molecule has 12 nitrogen and oxygen atoms in total. The topological polar surface area (TPSA) is 164 Å². The molecule has 0 fully saturated rings. The number of rotatable bonds is 11. The van der Waals surface area contributed by atoms with Gasteiger partial charge in [-0.3, -0.25) is 5.32 Å². The fourth-order valence-electron chi connectivity index (χ4n) is 3.64. The Hall–Kier alpha value is -4.74. The largest absolute Gasteiger partial charge is 0.447 e. The van der Waals surface area contributed by atoms with Crippen molar-refractivity contribution in [2.75, 3.05) is 38.7 Å². The number of carbonyl (C=O) groups excluding carboxylic acids is 2. The maximum absolute atomic E-state index is 13.8. The zero-order chi connectivity index (χ0) is 30.5. The molecule has 42 heavy (non-hydrogen) atoms. The van der Waals surface area contributed by atoms with Crippen molar-refractivity contribution < 1.29 is 28.2 Å². The van der Waals surface area contributed by atoms with Crippen LogP contribution < -0.4 is 21.3 Å². The number of nitrogens with one attached hydrogen (secondary N) is 4. The normalized spacial score (nSPS) is 11.8. The number of ether oxygens (including phenoxy) is 1. The molecular formula is C27H29ClF2N8O4. The quantitative estimate of drug-likeness (QED) is 0.0965. The summed E-state index contributed by atoms with van der Waals surface area (Å²) < 4.78 is 32.7. The molecule has 1 heterocycles. The van der Waals surface area contributed by atoms with Crippen LogP contribution in [0.1, 0.15) is 12.0 Å². The van der Waals surface area contributed by atoms with Crippen molar-refractivity contribution in [2.45, 2.75) is 19.0 Å². The van der Waals surface area contributed by atoms with Crippen LogP contribution in [-0.2, 0) is 11.3 Å². The van der Waals surface area contributed by atoms with Gasteiger partial charge in [0.25, 0.3) is 0 Å².